The van der Waals surface area contributed by atoms with Crippen LogP contribution < -0.4 is 5.73 Å². The molecule has 0 aliphatic carbocycles. The number of nitrogen functional groups attached to an aromatic ring is 1. The van der Waals surface area contributed by atoms with Gasteiger partial charge in [-0.2, -0.15) is 0 Å². The third kappa shape index (κ3) is 3.87. The van der Waals surface area contributed by atoms with E-state index in [4.69, 9.17) is 11.1 Å². The van der Waals surface area contributed by atoms with Crippen LogP contribution in [0.3, 0.4) is 0 Å². The Kier molecular flexibility index (Phi) is 5.19. The van der Waals surface area contributed by atoms with Crippen molar-refractivity contribution < 1.29 is 0 Å². The SMILES string of the molecule is CCCCSc1ccc(C(=N)N)c(Br)c1. The molecule has 82 valence electrons. The lowest BCUT2D eigenvalue weighted by atomic mass is 10.2. The molecule has 0 saturated heterocycles. The van der Waals surface area contributed by atoms with E-state index in [0.717, 1.165) is 15.8 Å². The van der Waals surface area contributed by atoms with E-state index < -0.39 is 0 Å². The lowest BCUT2D eigenvalue weighted by Gasteiger charge is -2.05. The molecule has 0 unspecified atom stereocenters. The van der Waals surface area contributed by atoms with Gasteiger partial charge in [0.25, 0.3) is 0 Å². The lowest BCUT2D eigenvalue weighted by molar-refractivity contribution is 0.896. The fraction of sp³-hybridized carbons (Fsp3) is 0.364. The van der Waals surface area contributed by atoms with Gasteiger partial charge in [0.1, 0.15) is 5.84 Å². The van der Waals surface area contributed by atoms with Gasteiger partial charge in [0.05, 0.1) is 0 Å². The summed E-state index contributed by atoms with van der Waals surface area (Å²) in [7, 11) is 0. The molecule has 1 rings (SSSR count). The van der Waals surface area contributed by atoms with Gasteiger partial charge in [0, 0.05) is 14.9 Å². The molecular formula is C11H15BrN2S. The molecule has 0 aliphatic heterocycles. The third-order valence-corrected chi connectivity index (χ3v) is 3.73. The molecule has 0 aromatic heterocycles. The third-order valence-electron chi connectivity index (χ3n) is 2.00. The molecule has 0 spiro atoms. The van der Waals surface area contributed by atoms with Crippen LogP contribution in [0.25, 0.3) is 0 Å². The molecule has 2 nitrogen and oxygen atoms in total. The van der Waals surface area contributed by atoms with Crippen LogP contribution in [0, 0.1) is 5.41 Å². The molecule has 4 heteroatoms. The Bertz CT molecular complexity index is 352. The maximum absolute atomic E-state index is 7.36. The molecule has 3 N–H and O–H groups in total. The highest BCUT2D eigenvalue weighted by Crippen LogP contribution is 2.25. The average Bonchev–Trinajstić information content (AvgIpc) is 2.17. The van der Waals surface area contributed by atoms with Crippen molar-refractivity contribution in [2.45, 2.75) is 24.7 Å². The van der Waals surface area contributed by atoms with Gasteiger partial charge >= 0.3 is 0 Å². The number of nitrogens with one attached hydrogen (secondary N) is 1. The molecule has 0 amide bonds. The van der Waals surface area contributed by atoms with E-state index in [-0.39, 0.29) is 5.84 Å². The van der Waals surface area contributed by atoms with Crippen LogP contribution in [-0.4, -0.2) is 11.6 Å². The van der Waals surface area contributed by atoms with E-state index in [1.807, 2.05) is 30.0 Å². The fourth-order valence-electron chi connectivity index (χ4n) is 1.14. The van der Waals surface area contributed by atoms with Gasteiger partial charge in [-0.05, 0) is 46.3 Å². The molecule has 0 fully saturated rings. The number of unbranched alkanes of at least 4 members (excludes halogenated alkanes) is 1. The quantitative estimate of drug-likeness (QED) is 0.376. The van der Waals surface area contributed by atoms with Crippen molar-refractivity contribution in [1.29, 1.82) is 5.41 Å². The largest absolute Gasteiger partial charge is 0.384 e. The first-order valence-electron chi connectivity index (χ1n) is 4.92. The Hall–Kier alpha value is -0.480. The zero-order valence-electron chi connectivity index (χ0n) is 8.72. The number of amidine groups is 1. The highest BCUT2D eigenvalue weighted by molar-refractivity contribution is 9.10. The van der Waals surface area contributed by atoms with Gasteiger partial charge in [-0.3, -0.25) is 5.41 Å². The summed E-state index contributed by atoms with van der Waals surface area (Å²) in [5.41, 5.74) is 6.19. The van der Waals surface area contributed by atoms with Crippen LogP contribution >= 0.6 is 27.7 Å². The van der Waals surface area contributed by atoms with Gasteiger partial charge in [0.15, 0.2) is 0 Å². The Morgan fingerprint density at radius 1 is 1.53 bits per heavy atom. The van der Waals surface area contributed by atoms with E-state index in [0.29, 0.717) is 0 Å². The Morgan fingerprint density at radius 2 is 2.27 bits per heavy atom. The summed E-state index contributed by atoms with van der Waals surface area (Å²) in [6.07, 6.45) is 2.45. The molecule has 1 aromatic carbocycles. The van der Waals surface area contributed by atoms with Gasteiger partial charge in [-0.15, -0.1) is 11.8 Å². The van der Waals surface area contributed by atoms with Gasteiger partial charge in [-0.1, -0.05) is 13.3 Å². The van der Waals surface area contributed by atoms with Crippen LogP contribution in [0.2, 0.25) is 0 Å². The maximum atomic E-state index is 7.36. The number of hydrogen-bond acceptors (Lipinski definition) is 2. The summed E-state index contributed by atoms with van der Waals surface area (Å²) >= 11 is 5.26. The minimum Gasteiger partial charge on any atom is -0.384 e. The minimum atomic E-state index is 0.104. The molecule has 0 heterocycles. The molecule has 0 aliphatic rings. The summed E-state index contributed by atoms with van der Waals surface area (Å²) in [5, 5.41) is 7.36. The monoisotopic (exact) mass is 286 g/mol. The second-order valence-corrected chi connectivity index (χ2v) is 5.28. The molecule has 0 atom stereocenters. The first-order chi connectivity index (χ1) is 7.15. The first kappa shape index (κ1) is 12.6. The summed E-state index contributed by atoms with van der Waals surface area (Å²) in [6.45, 7) is 2.19. The maximum Gasteiger partial charge on any atom is 0.123 e. The molecule has 15 heavy (non-hydrogen) atoms. The number of thioether (sulfide) groups is 1. The van der Waals surface area contributed by atoms with Crippen LogP contribution in [0.1, 0.15) is 25.3 Å². The Balaban J connectivity index is 2.69. The molecule has 0 radical (unpaired) electrons. The highest BCUT2D eigenvalue weighted by Gasteiger charge is 2.03. The zero-order valence-corrected chi connectivity index (χ0v) is 11.1. The number of rotatable bonds is 5. The van der Waals surface area contributed by atoms with Crippen LogP contribution in [0.4, 0.5) is 0 Å². The van der Waals surface area contributed by atoms with Crippen LogP contribution in [0.5, 0.6) is 0 Å². The molecule has 0 bridgehead atoms. The zero-order chi connectivity index (χ0) is 11.3. The van der Waals surface area contributed by atoms with Crippen molar-refractivity contribution in [3.05, 3.63) is 28.2 Å². The molecular weight excluding hydrogens is 272 g/mol. The first-order valence-corrected chi connectivity index (χ1v) is 6.69. The van der Waals surface area contributed by atoms with Crippen molar-refractivity contribution in [1.82, 2.24) is 0 Å². The van der Waals surface area contributed by atoms with Gasteiger partial charge in [-0.25, -0.2) is 0 Å². The van der Waals surface area contributed by atoms with Crippen molar-refractivity contribution in [3.8, 4) is 0 Å². The standard InChI is InChI=1S/C11H15BrN2S/c1-2-3-6-15-8-4-5-9(11(13)14)10(12)7-8/h4-5,7H,2-3,6H2,1H3,(H3,13,14). The van der Waals surface area contributed by atoms with E-state index in [2.05, 4.69) is 22.9 Å². The summed E-state index contributed by atoms with van der Waals surface area (Å²) in [6, 6.07) is 5.93. The molecule has 0 saturated carbocycles. The lowest BCUT2D eigenvalue weighted by Crippen LogP contribution is -2.11. The average molecular weight is 287 g/mol. The van der Waals surface area contributed by atoms with Crippen molar-refractivity contribution in [3.63, 3.8) is 0 Å². The topological polar surface area (TPSA) is 49.9 Å². The predicted octanol–water partition coefficient (Wildman–Crippen LogP) is 3.63. The van der Waals surface area contributed by atoms with Gasteiger partial charge in [0.2, 0.25) is 0 Å². The van der Waals surface area contributed by atoms with Crippen molar-refractivity contribution in [2.75, 3.05) is 5.75 Å². The summed E-state index contributed by atoms with van der Waals surface area (Å²) < 4.78 is 0.900. The Labute approximate surface area is 103 Å². The highest BCUT2D eigenvalue weighted by atomic mass is 79.9. The molecule has 1 aromatic rings. The summed E-state index contributed by atoms with van der Waals surface area (Å²) in [4.78, 5) is 1.22. The van der Waals surface area contributed by atoms with Crippen LogP contribution in [0.15, 0.2) is 27.6 Å². The van der Waals surface area contributed by atoms with E-state index >= 15 is 0 Å². The van der Waals surface area contributed by atoms with E-state index in [9.17, 15) is 0 Å². The van der Waals surface area contributed by atoms with E-state index in [1.165, 1.54) is 17.7 Å². The van der Waals surface area contributed by atoms with Gasteiger partial charge < -0.3 is 5.73 Å². The minimum absolute atomic E-state index is 0.104. The number of halogens is 1. The fourth-order valence-corrected chi connectivity index (χ4v) is 2.92. The van der Waals surface area contributed by atoms with E-state index in [1.54, 1.807) is 0 Å². The smallest absolute Gasteiger partial charge is 0.123 e. The number of nitrogens with two attached hydrogens (primary N) is 1. The number of hydrogen-bond donors (Lipinski definition) is 2. The summed E-state index contributed by atoms with van der Waals surface area (Å²) in [5.74, 6) is 1.24. The van der Waals surface area contributed by atoms with Crippen molar-refractivity contribution >= 4 is 33.5 Å². The Morgan fingerprint density at radius 3 is 2.80 bits per heavy atom. The second kappa shape index (κ2) is 6.18. The second-order valence-electron chi connectivity index (χ2n) is 3.26. The van der Waals surface area contributed by atoms with Crippen molar-refractivity contribution in [2.24, 2.45) is 5.73 Å². The predicted molar refractivity (Wildman–Crippen MR) is 70.8 cm³/mol. The normalized spacial score (nSPS) is 10.3. The van der Waals surface area contributed by atoms with Crippen LogP contribution in [-0.2, 0) is 0 Å². The number of benzene rings is 1.